The van der Waals surface area contributed by atoms with E-state index in [0.717, 1.165) is 37.0 Å². The second-order valence-corrected chi connectivity index (χ2v) is 6.10. The van der Waals surface area contributed by atoms with Gasteiger partial charge in [0, 0.05) is 6.42 Å². The third-order valence-corrected chi connectivity index (χ3v) is 4.25. The van der Waals surface area contributed by atoms with Crippen molar-refractivity contribution in [2.75, 3.05) is 0 Å². The Bertz CT molecular complexity index is 434. The monoisotopic (exact) mass is 266 g/mol. The quantitative estimate of drug-likeness (QED) is 0.900. The Morgan fingerprint density at radius 1 is 1.28 bits per heavy atom. The van der Waals surface area contributed by atoms with Gasteiger partial charge in [-0.05, 0) is 56.2 Å². The summed E-state index contributed by atoms with van der Waals surface area (Å²) in [5.41, 5.74) is 0.635. The minimum absolute atomic E-state index is 0.334. The van der Waals surface area contributed by atoms with Gasteiger partial charge in [-0.25, -0.2) is 0 Å². The first-order chi connectivity index (χ1) is 8.65. The van der Waals surface area contributed by atoms with Crippen molar-refractivity contribution in [2.24, 2.45) is 0 Å². The molecule has 3 rings (SSSR count). The summed E-state index contributed by atoms with van der Waals surface area (Å²) in [5, 5.41) is 10.6. The van der Waals surface area contributed by atoms with Gasteiger partial charge in [-0.1, -0.05) is 17.7 Å². The van der Waals surface area contributed by atoms with E-state index in [0.29, 0.717) is 17.5 Å². The van der Waals surface area contributed by atoms with Crippen molar-refractivity contribution in [1.82, 2.24) is 0 Å². The Morgan fingerprint density at radius 2 is 2.00 bits per heavy atom. The lowest BCUT2D eigenvalue weighted by molar-refractivity contribution is 0.151. The molecule has 0 saturated heterocycles. The van der Waals surface area contributed by atoms with E-state index < -0.39 is 5.60 Å². The van der Waals surface area contributed by atoms with E-state index >= 15 is 0 Å². The molecule has 2 nitrogen and oxygen atoms in total. The lowest BCUT2D eigenvalue weighted by Crippen LogP contribution is -2.12. The molecular formula is C15H19ClO2. The molecule has 98 valence electrons. The molecule has 0 aliphatic heterocycles. The molecule has 0 atom stereocenters. The van der Waals surface area contributed by atoms with Crippen molar-refractivity contribution in [3.8, 4) is 5.75 Å². The van der Waals surface area contributed by atoms with Crippen LogP contribution in [0.5, 0.6) is 5.75 Å². The summed E-state index contributed by atoms with van der Waals surface area (Å²) in [5.74, 6) is 0.787. The van der Waals surface area contributed by atoms with Crippen LogP contribution in [0.15, 0.2) is 18.2 Å². The first-order valence-electron chi connectivity index (χ1n) is 6.82. The van der Waals surface area contributed by atoms with Crippen LogP contribution in [0.4, 0.5) is 0 Å². The molecule has 0 spiro atoms. The molecule has 0 unspecified atom stereocenters. The van der Waals surface area contributed by atoms with E-state index in [9.17, 15) is 5.11 Å². The topological polar surface area (TPSA) is 29.5 Å². The van der Waals surface area contributed by atoms with Crippen LogP contribution in [-0.4, -0.2) is 16.8 Å². The van der Waals surface area contributed by atoms with Crippen molar-refractivity contribution >= 4 is 11.6 Å². The van der Waals surface area contributed by atoms with Gasteiger partial charge >= 0.3 is 0 Å². The van der Waals surface area contributed by atoms with Gasteiger partial charge < -0.3 is 9.84 Å². The standard InChI is InChI=1S/C15H19ClO2/c16-13-9-11(10-15(17)7-8-15)5-6-14(13)18-12-3-1-2-4-12/h5-6,9,12,17H,1-4,7-8,10H2. The molecule has 18 heavy (non-hydrogen) atoms. The highest BCUT2D eigenvalue weighted by Gasteiger charge is 2.40. The number of halogens is 1. The van der Waals surface area contributed by atoms with Crippen molar-refractivity contribution in [3.63, 3.8) is 0 Å². The van der Waals surface area contributed by atoms with Gasteiger partial charge in [-0.2, -0.15) is 0 Å². The summed E-state index contributed by atoms with van der Waals surface area (Å²) >= 11 is 6.25. The third-order valence-electron chi connectivity index (χ3n) is 3.95. The van der Waals surface area contributed by atoms with Crippen LogP contribution >= 0.6 is 11.6 Å². The highest BCUT2D eigenvalue weighted by molar-refractivity contribution is 6.32. The molecular weight excluding hydrogens is 248 g/mol. The fourth-order valence-electron chi connectivity index (χ4n) is 2.64. The number of rotatable bonds is 4. The SMILES string of the molecule is OC1(Cc2ccc(OC3CCCC3)c(Cl)c2)CC1. The average molecular weight is 267 g/mol. The first kappa shape index (κ1) is 12.3. The van der Waals surface area contributed by atoms with Crippen molar-refractivity contribution in [2.45, 2.75) is 56.7 Å². The first-order valence-corrected chi connectivity index (χ1v) is 7.20. The Kier molecular flexibility index (Phi) is 3.25. The predicted octanol–water partition coefficient (Wildman–Crippen LogP) is 3.73. The zero-order valence-corrected chi connectivity index (χ0v) is 11.2. The summed E-state index contributed by atoms with van der Waals surface area (Å²) in [6, 6.07) is 5.90. The second-order valence-electron chi connectivity index (χ2n) is 5.69. The van der Waals surface area contributed by atoms with E-state index in [1.54, 1.807) is 0 Å². The average Bonchev–Trinajstić information content (AvgIpc) is 2.86. The molecule has 2 aliphatic carbocycles. The number of hydrogen-bond donors (Lipinski definition) is 1. The van der Waals surface area contributed by atoms with Gasteiger partial charge in [0.15, 0.2) is 0 Å². The largest absolute Gasteiger partial charge is 0.489 e. The van der Waals surface area contributed by atoms with Crippen LogP contribution in [0.1, 0.15) is 44.1 Å². The van der Waals surface area contributed by atoms with E-state index in [4.69, 9.17) is 16.3 Å². The van der Waals surface area contributed by atoms with Crippen LogP contribution in [0.3, 0.4) is 0 Å². The Morgan fingerprint density at radius 3 is 2.61 bits per heavy atom. The van der Waals surface area contributed by atoms with Crippen molar-refractivity contribution in [1.29, 1.82) is 0 Å². The van der Waals surface area contributed by atoms with E-state index in [1.807, 2.05) is 18.2 Å². The molecule has 0 aromatic heterocycles. The molecule has 2 aliphatic rings. The summed E-state index contributed by atoms with van der Waals surface area (Å²) in [6.45, 7) is 0. The molecule has 0 amide bonds. The summed E-state index contributed by atoms with van der Waals surface area (Å²) in [7, 11) is 0. The number of hydrogen-bond acceptors (Lipinski definition) is 2. The second kappa shape index (κ2) is 4.75. The smallest absolute Gasteiger partial charge is 0.138 e. The molecule has 2 saturated carbocycles. The summed E-state index contributed by atoms with van der Waals surface area (Å²) in [6.07, 6.45) is 7.64. The molecule has 1 N–H and O–H groups in total. The highest BCUT2D eigenvalue weighted by atomic mass is 35.5. The molecule has 1 aromatic rings. The Labute approximate surface area is 113 Å². The van der Waals surface area contributed by atoms with E-state index in [1.165, 1.54) is 12.8 Å². The Balaban J connectivity index is 1.68. The fourth-order valence-corrected chi connectivity index (χ4v) is 2.88. The van der Waals surface area contributed by atoms with Gasteiger partial charge in [0.2, 0.25) is 0 Å². The van der Waals surface area contributed by atoms with Crippen LogP contribution < -0.4 is 4.74 Å². The lowest BCUT2D eigenvalue weighted by Gasteiger charge is -2.15. The van der Waals surface area contributed by atoms with Crippen LogP contribution in [-0.2, 0) is 6.42 Å². The maximum absolute atomic E-state index is 9.90. The van der Waals surface area contributed by atoms with Gasteiger partial charge in [0.1, 0.15) is 5.75 Å². The normalized spacial score (nSPS) is 22.1. The van der Waals surface area contributed by atoms with Gasteiger partial charge in [-0.15, -0.1) is 0 Å². The fraction of sp³-hybridized carbons (Fsp3) is 0.600. The number of aliphatic hydroxyl groups is 1. The lowest BCUT2D eigenvalue weighted by atomic mass is 10.1. The number of benzene rings is 1. The summed E-state index contributed by atoms with van der Waals surface area (Å²) in [4.78, 5) is 0. The van der Waals surface area contributed by atoms with E-state index in [2.05, 4.69) is 0 Å². The molecule has 0 radical (unpaired) electrons. The van der Waals surface area contributed by atoms with Crippen molar-refractivity contribution < 1.29 is 9.84 Å². The van der Waals surface area contributed by atoms with Gasteiger partial charge in [0.05, 0.1) is 16.7 Å². The minimum Gasteiger partial charge on any atom is -0.489 e. The molecule has 1 aromatic carbocycles. The number of ether oxygens (including phenoxy) is 1. The predicted molar refractivity (Wildman–Crippen MR) is 72.2 cm³/mol. The minimum atomic E-state index is -0.461. The maximum Gasteiger partial charge on any atom is 0.138 e. The molecule has 0 bridgehead atoms. The van der Waals surface area contributed by atoms with Gasteiger partial charge in [0.25, 0.3) is 0 Å². The van der Waals surface area contributed by atoms with Gasteiger partial charge in [-0.3, -0.25) is 0 Å². The van der Waals surface area contributed by atoms with Crippen LogP contribution in [0.25, 0.3) is 0 Å². The van der Waals surface area contributed by atoms with E-state index in [-0.39, 0.29) is 0 Å². The summed E-state index contributed by atoms with van der Waals surface area (Å²) < 4.78 is 5.91. The zero-order chi connectivity index (χ0) is 12.6. The third kappa shape index (κ3) is 2.81. The molecule has 3 heteroatoms. The maximum atomic E-state index is 9.90. The van der Waals surface area contributed by atoms with Crippen LogP contribution in [0, 0.1) is 0 Å². The molecule has 2 fully saturated rings. The van der Waals surface area contributed by atoms with Crippen molar-refractivity contribution in [3.05, 3.63) is 28.8 Å². The molecule has 0 heterocycles. The Hall–Kier alpha value is -0.730. The highest BCUT2D eigenvalue weighted by Crippen LogP contribution is 2.39. The zero-order valence-electron chi connectivity index (χ0n) is 10.5. The van der Waals surface area contributed by atoms with Crippen LogP contribution in [0.2, 0.25) is 5.02 Å².